The van der Waals surface area contributed by atoms with Crippen molar-refractivity contribution in [2.75, 3.05) is 18.5 Å². The monoisotopic (exact) mass is 548 g/mol. The van der Waals surface area contributed by atoms with Gasteiger partial charge < -0.3 is 10.1 Å². The first kappa shape index (κ1) is 22.2. The van der Waals surface area contributed by atoms with Crippen LogP contribution < -0.4 is 5.32 Å². The normalized spacial score (nSPS) is 26.3. The van der Waals surface area contributed by atoms with Gasteiger partial charge in [0.1, 0.15) is 6.54 Å². The molecule has 1 aromatic rings. The Morgan fingerprint density at radius 3 is 2.34 bits per heavy atom. The zero-order valence-electron chi connectivity index (χ0n) is 15.5. The smallest absolute Gasteiger partial charge is 0.326 e. The second kappa shape index (κ2) is 9.14. The first-order valence-corrected chi connectivity index (χ1v) is 11.2. The quantitative estimate of drug-likeness (QED) is 0.346. The molecule has 2 fully saturated rings. The Morgan fingerprint density at radius 2 is 1.76 bits per heavy atom. The molecule has 2 aliphatic rings. The molecule has 1 aliphatic carbocycles. The molecule has 0 bridgehead atoms. The molecular formula is C19H19Br2ClN2O5. The number of nitrogens with one attached hydrogen (secondary N) is 1. The standard InChI is InChI=1S/C19H19Br2ClN2O5/c1-9-14(22)3-2-4-15(9)23-16(25)8-29-17(26)7-24-18(27)10-5-12(20)13(21)6-11(10)19(24)28/h2-4,10-13H,5-8H2,1H3,(H,23,25)/t10-,11-,12-,13+/m1/s1. The summed E-state index contributed by atoms with van der Waals surface area (Å²) in [6, 6.07) is 5.07. The lowest BCUT2D eigenvalue weighted by atomic mass is 9.81. The van der Waals surface area contributed by atoms with Gasteiger partial charge in [0.15, 0.2) is 6.61 Å². The number of halogens is 3. The molecule has 1 saturated heterocycles. The summed E-state index contributed by atoms with van der Waals surface area (Å²) in [6.45, 7) is 0.734. The van der Waals surface area contributed by atoms with Crippen molar-refractivity contribution in [3.8, 4) is 0 Å². The van der Waals surface area contributed by atoms with Gasteiger partial charge in [-0.05, 0) is 37.5 Å². The van der Waals surface area contributed by atoms with Crippen molar-refractivity contribution in [2.45, 2.75) is 29.4 Å². The minimum Gasteiger partial charge on any atom is -0.454 e. The average Bonchev–Trinajstić information content (AvgIpc) is 2.89. The third kappa shape index (κ3) is 4.83. The summed E-state index contributed by atoms with van der Waals surface area (Å²) in [5.74, 6) is -2.93. The summed E-state index contributed by atoms with van der Waals surface area (Å²) in [6.07, 6.45) is 1.05. The first-order valence-electron chi connectivity index (χ1n) is 9.03. The Morgan fingerprint density at radius 1 is 1.17 bits per heavy atom. The number of carbonyl (C=O) groups excluding carboxylic acids is 4. The minimum absolute atomic E-state index is 0.0889. The van der Waals surface area contributed by atoms with Crippen LogP contribution in [0, 0.1) is 18.8 Å². The number of esters is 1. The van der Waals surface area contributed by atoms with Crippen LogP contribution in [0.15, 0.2) is 18.2 Å². The fourth-order valence-electron chi connectivity index (χ4n) is 3.57. The van der Waals surface area contributed by atoms with Gasteiger partial charge in [-0.1, -0.05) is 49.5 Å². The molecule has 156 valence electrons. The molecule has 29 heavy (non-hydrogen) atoms. The van der Waals surface area contributed by atoms with E-state index in [2.05, 4.69) is 37.2 Å². The Hall–Kier alpha value is -1.45. The second-order valence-electron chi connectivity index (χ2n) is 7.10. The molecule has 10 heteroatoms. The molecular weight excluding hydrogens is 531 g/mol. The SMILES string of the molecule is Cc1c(Cl)cccc1NC(=O)COC(=O)CN1C(=O)[C@@H]2C[C@@H](Br)[C@@H](Br)C[C@H]2C1=O. The summed E-state index contributed by atoms with van der Waals surface area (Å²) in [5, 5.41) is 3.11. The van der Waals surface area contributed by atoms with Crippen molar-refractivity contribution in [2.24, 2.45) is 11.8 Å². The summed E-state index contributed by atoms with van der Waals surface area (Å²) in [5.41, 5.74) is 1.21. The number of hydrogen-bond acceptors (Lipinski definition) is 5. The van der Waals surface area contributed by atoms with Gasteiger partial charge in [-0.25, -0.2) is 0 Å². The number of fused-ring (bicyclic) bond motifs is 1. The maximum Gasteiger partial charge on any atom is 0.326 e. The van der Waals surface area contributed by atoms with E-state index >= 15 is 0 Å². The molecule has 0 spiro atoms. The largest absolute Gasteiger partial charge is 0.454 e. The number of amides is 3. The van der Waals surface area contributed by atoms with Crippen LogP contribution >= 0.6 is 43.5 Å². The van der Waals surface area contributed by atoms with E-state index in [1.807, 2.05) is 0 Å². The van der Waals surface area contributed by atoms with E-state index in [1.165, 1.54) is 0 Å². The van der Waals surface area contributed by atoms with E-state index in [1.54, 1.807) is 25.1 Å². The highest BCUT2D eigenvalue weighted by molar-refractivity contribution is 9.12. The van der Waals surface area contributed by atoms with E-state index in [-0.39, 0.29) is 21.5 Å². The first-order chi connectivity index (χ1) is 13.7. The average molecular weight is 551 g/mol. The maximum atomic E-state index is 12.6. The van der Waals surface area contributed by atoms with Gasteiger partial charge in [-0.3, -0.25) is 24.1 Å². The molecule has 3 rings (SSSR count). The number of hydrogen-bond donors (Lipinski definition) is 1. The van der Waals surface area contributed by atoms with Gasteiger partial charge in [0.05, 0.1) is 11.8 Å². The van der Waals surface area contributed by atoms with Crippen LogP contribution in [0.25, 0.3) is 0 Å². The molecule has 0 aromatic heterocycles. The number of alkyl halides is 2. The van der Waals surface area contributed by atoms with Crippen molar-refractivity contribution in [3.05, 3.63) is 28.8 Å². The highest BCUT2D eigenvalue weighted by Crippen LogP contribution is 2.43. The van der Waals surface area contributed by atoms with Crippen LogP contribution in [-0.4, -0.2) is 51.4 Å². The van der Waals surface area contributed by atoms with Gasteiger partial charge in [-0.15, -0.1) is 0 Å². The number of carbonyl (C=O) groups is 4. The molecule has 0 unspecified atom stereocenters. The fraction of sp³-hybridized carbons (Fsp3) is 0.474. The maximum absolute atomic E-state index is 12.6. The molecule has 3 amide bonds. The highest BCUT2D eigenvalue weighted by atomic mass is 79.9. The van der Waals surface area contributed by atoms with Gasteiger partial charge in [-0.2, -0.15) is 0 Å². The summed E-state index contributed by atoms with van der Waals surface area (Å²) in [7, 11) is 0. The lowest BCUT2D eigenvalue weighted by Crippen LogP contribution is -2.37. The number of likely N-dealkylation sites (tertiary alicyclic amines) is 1. The van der Waals surface area contributed by atoms with Gasteiger partial charge in [0, 0.05) is 20.4 Å². The van der Waals surface area contributed by atoms with E-state index in [0.717, 1.165) is 4.90 Å². The van der Waals surface area contributed by atoms with Crippen LogP contribution in [0.5, 0.6) is 0 Å². The molecule has 1 aromatic carbocycles. The van der Waals surface area contributed by atoms with Crippen LogP contribution in [0.3, 0.4) is 0 Å². The van der Waals surface area contributed by atoms with Crippen molar-refractivity contribution in [1.82, 2.24) is 4.90 Å². The zero-order chi connectivity index (χ0) is 21.3. The number of nitrogens with zero attached hydrogens (tertiary/aromatic N) is 1. The molecule has 1 N–H and O–H groups in total. The molecule has 0 radical (unpaired) electrons. The number of anilines is 1. The van der Waals surface area contributed by atoms with E-state index in [4.69, 9.17) is 16.3 Å². The summed E-state index contributed by atoms with van der Waals surface area (Å²) >= 11 is 13.0. The second-order valence-corrected chi connectivity index (χ2v) is 9.86. The van der Waals surface area contributed by atoms with Crippen molar-refractivity contribution < 1.29 is 23.9 Å². The Balaban J connectivity index is 1.53. The molecule has 7 nitrogen and oxygen atoms in total. The Bertz CT molecular complexity index is 837. The van der Waals surface area contributed by atoms with E-state index < -0.39 is 36.9 Å². The zero-order valence-corrected chi connectivity index (χ0v) is 19.4. The highest BCUT2D eigenvalue weighted by Gasteiger charge is 2.52. The number of benzene rings is 1. The third-order valence-corrected chi connectivity index (χ3v) is 8.34. The van der Waals surface area contributed by atoms with Gasteiger partial charge in [0.25, 0.3) is 5.91 Å². The molecule has 4 atom stereocenters. The molecule has 1 aliphatic heterocycles. The third-order valence-electron chi connectivity index (χ3n) is 5.20. The predicted octanol–water partition coefficient (Wildman–Crippen LogP) is 3.05. The van der Waals surface area contributed by atoms with Crippen molar-refractivity contribution in [3.63, 3.8) is 0 Å². The Kier molecular flexibility index (Phi) is 7.01. The van der Waals surface area contributed by atoms with Crippen LogP contribution in [-0.2, 0) is 23.9 Å². The Labute approximate surface area is 189 Å². The fourth-order valence-corrected chi connectivity index (χ4v) is 4.98. The predicted molar refractivity (Wildman–Crippen MR) is 114 cm³/mol. The minimum atomic E-state index is -0.811. The molecule has 1 saturated carbocycles. The van der Waals surface area contributed by atoms with Crippen LogP contribution in [0.2, 0.25) is 5.02 Å². The van der Waals surface area contributed by atoms with E-state index in [9.17, 15) is 19.2 Å². The van der Waals surface area contributed by atoms with Crippen LogP contribution in [0.1, 0.15) is 18.4 Å². The number of ether oxygens (including phenoxy) is 1. The van der Waals surface area contributed by atoms with Gasteiger partial charge in [0.2, 0.25) is 11.8 Å². The lowest BCUT2D eigenvalue weighted by molar-refractivity contribution is -0.154. The van der Waals surface area contributed by atoms with Crippen molar-refractivity contribution >= 4 is 72.8 Å². The number of imide groups is 1. The topological polar surface area (TPSA) is 92.8 Å². The van der Waals surface area contributed by atoms with Crippen LogP contribution in [0.4, 0.5) is 5.69 Å². The lowest BCUT2D eigenvalue weighted by Gasteiger charge is -2.29. The van der Waals surface area contributed by atoms with Gasteiger partial charge >= 0.3 is 5.97 Å². The number of rotatable bonds is 5. The summed E-state index contributed by atoms with van der Waals surface area (Å²) < 4.78 is 4.95. The molecule has 1 heterocycles. The van der Waals surface area contributed by atoms with Crippen molar-refractivity contribution in [1.29, 1.82) is 0 Å². The summed E-state index contributed by atoms with van der Waals surface area (Å²) in [4.78, 5) is 50.4. The van der Waals surface area contributed by atoms with E-state index in [0.29, 0.717) is 29.1 Å².